The highest BCUT2D eigenvalue weighted by Crippen LogP contribution is 2.17. The van der Waals surface area contributed by atoms with Crippen LogP contribution in [-0.2, 0) is 13.1 Å². The maximum atomic E-state index is 13.4. The molecule has 1 aliphatic rings. The Hall–Kier alpha value is -2.09. The molecule has 0 radical (unpaired) electrons. The van der Waals surface area contributed by atoms with Crippen molar-refractivity contribution in [2.45, 2.75) is 26.9 Å². The van der Waals surface area contributed by atoms with Crippen LogP contribution in [0.4, 0.5) is 10.1 Å². The molecular weight excluding hydrogens is 466 g/mol. The first-order valence-electron chi connectivity index (χ1n) is 9.42. The van der Waals surface area contributed by atoms with Crippen LogP contribution in [0.25, 0.3) is 0 Å². The average Bonchev–Trinajstić information content (AvgIpc) is 3.22. The van der Waals surface area contributed by atoms with E-state index in [4.69, 9.17) is 0 Å². The molecule has 3 rings (SSSR count). The first-order chi connectivity index (χ1) is 13.2. The molecule has 0 unspecified atom stereocenters. The summed E-state index contributed by atoms with van der Waals surface area (Å²) < 4.78 is 13.4. The summed E-state index contributed by atoms with van der Waals surface area (Å²) in [6, 6.07) is 13.7. The minimum atomic E-state index is -0.180. The Kier molecular flexibility index (Phi) is 8.76. The number of guanidine groups is 1. The number of nitrogens with one attached hydrogen (secondary N) is 2. The summed E-state index contributed by atoms with van der Waals surface area (Å²) >= 11 is 0. The quantitative estimate of drug-likeness (QED) is 0.271. The molecule has 150 valence electrons. The molecular formula is C22H28FIN4. The van der Waals surface area contributed by atoms with Gasteiger partial charge in [-0.3, -0.25) is 0 Å². The highest BCUT2D eigenvalue weighted by Gasteiger charge is 2.07. The molecule has 0 spiro atoms. The number of aliphatic imine (C=N–C) groups is 1. The SMILES string of the molecule is CCNC(=NCc1ccc(F)c(C)c1)NCc1ccc(N2CC=CC2)cc1.I. The molecule has 4 nitrogen and oxygen atoms in total. The molecule has 6 heteroatoms. The monoisotopic (exact) mass is 494 g/mol. The van der Waals surface area contributed by atoms with Gasteiger partial charge in [-0.05, 0) is 48.7 Å². The van der Waals surface area contributed by atoms with Gasteiger partial charge in [-0.1, -0.05) is 36.4 Å². The van der Waals surface area contributed by atoms with Gasteiger partial charge in [-0.2, -0.15) is 0 Å². The number of aryl methyl sites for hydroxylation is 1. The van der Waals surface area contributed by atoms with Crippen molar-refractivity contribution < 1.29 is 4.39 Å². The van der Waals surface area contributed by atoms with Gasteiger partial charge in [0.05, 0.1) is 6.54 Å². The fourth-order valence-electron chi connectivity index (χ4n) is 3.02. The first kappa shape index (κ1) is 22.2. The van der Waals surface area contributed by atoms with Gasteiger partial charge >= 0.3 is 0 Å². The van der Waals surface area contributed by atoms with Gasteiger partial charge in [-0.25, -0.2) is 9.38 Å². The summed E-state index contributed by atoms with van der Waals surface area (Å²) in [5, 5.41) is 6.61. The second-order valence-corrected chi connectivity index (χ2v) is 6.68. The number of anilines is 1. The highest BCUT2D eigenvalue weighted by atomic mass is 127. The third-order valence-electron chi connectivity index (χ3n) is 4.57. The van der Waals surface area contributed by atoms with Crippen molar-refractivity contribution in [2.24, 2.45) is 4.99 Å². The van der Waals surface area contributed by atoms with Crippen LogP contribution in [0.5, 0.6) is 0 Å². The summed E-state index contributed by atoms with van der Waals surface area (Å²) in [6.45, 7) is 7.78. The fourth-order valence-corrected chi connectivity index (χ4v) is 3.02. The lowest BCUT2D eigenvalue weighted by molar-refractivity contribution is 0.617. The van der Waals surface area contributed by atoms with Crippen molar-refractivity contribution >= 4 is 35.6 Å². The fraction of sp³-hybridized carbons (Fsp3) is 0.318. The lowest BCUT2D eigenvalue weighted by atomic mass is 10.1. The molecule has 2 N–H and O–H groups in total. The molecule has 0 saturated carbocycles. The molecule has 0 saturated heterocycles. The molecule has 2 aromatic rings. The van der Waals surface area contributed by atoms with Crippen molar-refractivity contribution in [3.05, 3.63) is 77.1 Å². The molecule has 0 aliphatic carbocycles. The zero-order valence-corrected chi connectivity index (χ0v) is 18.7. The van der Waals surface area contributed by atoms with Gasteiger partial charge in [0.2, 0.25) is 0 Å². The van der Waals surface area contributed by atoms with Crippen LogP contribution in [0.3, 0.4) is 0 Å². The van der Waals surface area contributed by atoms with E-state index >= 15 is 0 Å². The number of hydrogen-bond acceptors (Lipinski definition) is 2. The molecule has 0 aromatic heterocycles. The van der Waals surface area contributed by atoms with Crippen molar-refractivity contribution in [3.63, 3.8) is 0 Å². The lowest BCUT2D eigenvalue weighted by Gasteiger charge is -2.18. The molecule has 2 aromatic carbocycles. The van der Waals surface area contributed by atoms with Gasteiger partial charge in [0.25, 0.3) is 0 Å². The largest absolute Gasteiger partial charge is 0.364 e. The second kappa shape index (κ2) is 11.0. The van der Waals surface area contributed by atoms with Crippen LogP contribution in [0.1, 0.15) is 23.6 Å². The number of halogens is 2. The van der Waals surface area contributed by atoms with Gasteiger partial charge < -0.3 is 15.5 Å². The maximum absolute atomic E-state index is 13.4. The molecule has 1 aliphatic heterocycles. The van der Waals surface area contributed by atoms with E-state index in [9.17, 15) is 4.39 Å². The summed E-state index contributed by atoms with van der Waals surface area (Å²) in [7, 11) is 0. The van der Waals surface area contributed by atoms with E-state index in [-0.39, 0.29) is 29.8 Å². The van der Waals surface area contributed by atoms with Crippen LogP contribution in [-0.4, -0.2) is 25.6 Å². The topological polar surface area (TPSA) is 39.7 Å². The van der Waals surface area contributed by atoms with Crippen LogP contribution in [0, 0.1) is 12.7 Å². The second-order valence-electron chi connectivity index (χ2n) is 6.68. The summed E-state index contributed by atoms with van der Waals surface area (Å²) in [4.78, 5) is 6.93. The van der Waals surface area contributed by atoms with Crippen molar-refractivity contribution in [1.82, 2.24) is 10.6 Å². The number of nitrogens with zero attached hydrogens (tertiary/aromatic N) is 2. The van der Waals surface area contributed by atoms with Crippen molar-refractivity contribution in [3.8, 4) is 0 Å². The third-order valence-corrected chi connectivity index (χ3v) is 4.57. The number of benzene rings is 2. The van der Waals surface area contributed by atoms with Crippen molar-refractivity contribution in [2.75, 3.05) is 24.5 Å². The van der Waals surface area contributed by atoms with Crippen LogP contribution in [0.2, 0.25) is 0 Å². The highest BCUT2D eigenvalue weighted by molar-refractivity contribution is 14.0. The summed E-state index contributed by atoms with van der Waals surface area (Å²) in [5.74, 6) is 0.577. The molecule has 1 heterocycles. The summed E-state index contributed by atoms with van der Waals surface area (Å²) in [6.07, 6.45) is 4.38. The Morgan fingerprint density at radius 1 is 1.04 bits per heavy atom. The minimum Gasteiger partial charge on any atom is -0.364 e. The molecule has 28 heavy (non-hydrogen) atoms. The normalized spacial score (nSPS) is 13.4. The smallest absolute Gasteiger partial charge is 0.191 e. The van der Waals surface area contributed by atoms with Crippen LogP contribution >= 0.6 is 24.0 Å². The van der Waals surface area contributed by atoms with E-state index < -0.39 is 0 Å². The number of rotatable bonds is 6. The van der Waals surface area contributed by atoms with E-state index in [1.54, 1.807) is 13.0 Å². The van der Waals surface area contributed by atoms with E-state index in [0.29, 0.717) is 18.7 Å². The lowest BCUT2D eigenvalue weighted by Crippen LogP contribution is -2.36. The average molecular weight is 494 g/mol. The van der Waals surface area contributed by atoms with Gasteiger partial charge in [-0.15, -0.1) is 24.0 Å². The van der Waals surface area contributed by atoms with Crippen molar-refractivity contribution in [1.29, 1.82) is 0 Å². The van der Waals surface area contributed by atoms with Gasteiger partial charge in [0, 0.05) is 31.9 Å². The zero-order chi connectivity index (χ0) is 19.1. The third kappa shape index (κ3) is 6.22. The standard InChI is InChI=1S/C22H27FN4.HI/c1-3-24-22(26-16-19-8-11-21(23)17(2)14-19)25-15-18-6-9-20(10-7-18)27-12-4-5-13-27;/h4-11,14H,3,12-13,15-16H2,1-2H3,(H2,24,25,26);1H. The molecule has 0 amide bonds. The van der Waals surface area contributed by atoms with Gasteiger partial charge in [0.1, 0.15) is 5.82 Å². The predicted octanol–water partition coefficient (Wildman–Crippen LogP) is 4.38. The first-order valence-corrected chi connectivity index (χ1v) is 9.42. The van der Waals surface area contributed by atoms with Gasteiger partial charge in [0.15, 0.2) is 5.96 Å². The van der Waals surface area contributed by atoms with E-state index in [1.165, 1.54) is 17.3 Å². The Morgan fingerprint density at radius 3 is 2.36 bits per heavy atom. The zero-order valence-electron chi connectivity index (χ0n) is 16.4. The Labute approximate surface area is 184 Å². The maximum Gasteiger partial charge on any atom is 0.191 e. The summed E-state index contributed by atoms with van der Waals surface area (Å²) in [5.41, 5.74) is 4.09. The Bertz CT molecular complexity index is 810. The van der Waals surface area contributed by atoms with E-state index in [0.717, 1.165) is 31.2 Å². The van der Waals surface area contributed by atoms with Crippen LogP contribution in [0.15, 0.2) is 59.6 Å². The Balaban J connectivity index is 0.00000280. The van der Waals surface area contributed by atoms with E-state index in [2.05, 4.69) is 56.9 Å². The number of hydrogen-bond donors (Lipinski definition) is 2. The molecule has 0 bridgehead atoms. The molecule has 0 atom stereocenters. The predicted molar refractivity (Wildman–Crippen MR) is 126 cm³/mol. The minimum absolute atomic E-state index is 0. The molecule has 0 fully saturated rings. The van der Waals surface area contributed by atoms with E-state index in [1.807, 2.05) is 13.0 Å². The van der Waals surface area contributed by atoms with Crippen LogP contribution < -0.4 is 15.5 Å². The Morgan fingerprint density at radius 2 is 1.71 bits per heavy atom.